The summed E-state index contributed by atoms with van der Waals surface area (Å²) in [6.07, 6.45) is 0. The van der Waals surface area contributed by atoms with E-state index in [1.165, 1.54) is 5.56 Å². The van der Waals surface area contributed by atoms with Crippen molar-refractivity contribution in [2.24, 2.45) is 0 Å². The molecule has 1 heterocycles. The number of Topliss-reactive ketones (excluding diaryl/α,β-unsaturated/α-hetero) is 1. The Bertz CT molecular complexity index is 1210. The van der Waals surface area contributed by atoms with Gasteiger partial charge in [-0.15, -0.1) is 0 Å². The van der Waals surface area contributed by atoms with Crippen molar-refractivity contribution in [1.29, 1.82) is 0 Å². The molecule has 0 aliphatic carbocycles. The van der Waals surface area contributed by atoms with Crippen LogP contribution in [0.15, 0.2) is 83.3 Å². The maximum atomic E-state index is 12.8. The Morgan fingerprint density at radius 2 is 1.62 bits per heavy atom. The quantitative estimate of drug-likeness (QED) is 0.268. The van der Waals surface area contributed by atoms with E-state index in [2.05, 4.69) is 15.9 Å². The lowest BCUT2D eigenvalue weighted by atomic mass is 10.1. The highest BCUT2D eigenvalue weighted by atomic mass is 79.9. The number of aryl methyl sites for hydroxylation is 1. The minimum Gasteiger partial charge on any atom is -0.292 e. The fourth-order valence-corrected chi connectivity index (χ4v) is 3.63. The summed E-state index contributed by atoms with van der Waals surface area (Å²) in [6.45, 7) is 2.13. The Kier molecular flexibility index (Phi) is 5.56. The fraction of sp³-hybridized carbons (Fsp3) is 0.0870. The Hall–Kier alpha value is -2.83. The third-order valence-corrected chi connectivity index (χ3v) is 5.55. The van der Waals surface area contributed by atoms with Crippen molar-refractivity contribution in [3.63, 3.8) is 0 Å². The molecule has 0 unspecified atom stereocenters. The van der Waals surface area contributed by atoms with Gasteiger partial charge in [0, 0.05) is 21.3 Å². The summed E-state index contributed by atoms with van der Waals surface area (Å²) in [5, 5.41) is 4.71. The summed E-state index contributed by atoms with van der Waals surface area (Å²) < 4.78 is 4.93. The molecule has 0 fully saturated rings. The van der Waals surface area contributed by atoms with E-state index in [1.54, 1.807) is 16.8 Å². The van der Waals surface area contributed by atoms with Gasteiger partial charge in [-0.1, -0.05) is 76.1 Å². The van der Waals surface area contributed by atoms with Crippen LogP contribution in [-0.2, 0) is 6.54 Å². The van der Waals surface area contributed by atoms with Gasteiger partial charge in [0.25, 0.3) is 0 Å². The standard InChI is InChI=1S/C23H18BrN3OS/c1-16-7-9-18(10-8-16)22-25-26(15-21(28)17-11-13-19(24)14-12-17)23(29)27(22)20-5-3-2-4-6-20/h2-14H,15H2,1H3. The normalized spacial score (nSPS) is 10.8. The lowest BCUT2D eigenvalue weighted by Gasteiger charge is -2.06. The van der Waals surface area contributed by atoms with Gasteiger partial charge in [-0.2, -0.15) is 5.10 Å². The number of hydrogen-bond acceptors (Lipinski definition) is 3. The molecule has 0 atom stereocenters. The predicted molar refractivity (Wildman–Crippen MR) is 121 cm³/mol. The fourth-order valence-electron chi connectivity index (χ4n) is 3.07. The molecule has 4 aromatic rings. The molecule has 3 aromatic carbocycles. The number of hydrogen-bond donors (Lipinski definition) is 0. The highest BCUT2D eigenvalue weighted by Gasteiger charge is 2.17. The van der Waals surface area contributed by atoms with Gasteiger partial charge in [-0.3, -0.25) is 9.36 Å². The summed E-state index contributed by atoms with van der Waals surface area (Å²) >= 11 is 9.11. The first kappa shape index (κ1) is 19.5. The minimum atomic E-state index is -0.0400. The van der Waals surface area contributed by atoms with Crippen molar-refractivity contribution in [3.8, 4) is 17.1 Å². The van der Waals surface area contributed by atoms with Gasteiger partial charge in [0.1, 0.15) is 6.54 Å². The van der Waals surface area contributed by atoms with Crippen LogP contribution in [-0.4, -0.2) is 20.1 Å². The molecule has 144 valence electrons. The molecule has 0 spiro atoms. The largest absolute Gasteiger partial charge is 0.292 e. The average Bonchev–Trinajstić information content (AvgIpc) is 3.05. The minimum absolute atomic E-state index is 0.0400. The highest BCUT2D eigenvalue weighted by molar-refractivity contribution is 9.10. The molecular formula is C23H18BrN3OS. The maximum absolute atomic E-state index is 12.8. The van der Waals surface area contributed by atoms with E-state index in [-0.39, 0.29) is 12.3 Å². The van der Waals surface area contributed by atoms with Crippen molar-refractivity contribution < 1.29 is 4.79 Å². The number of aromatic nitrogens is 3. The van der Waals surface area contributed by atoms with Gasteiger partial charge >= 0.3 is 0 Å². The molecule has 6 heteroatoms. The molecule has 0 saturated heterocycles. The van der Waals surface area contributed by atoms with Crippen LogP contribution in [0.2, 0.25) is 0 Å². The van der Waals surface area contributed by atoms with E-state index in [1.807, 2.05) is 78.2 Å². The molecule has 4 nitrogen and oxygen atoms in total. The molecule has 0 saturated carbocycles. The Morgan fingerprint density at radius 1 is 0.966 bits per heavy atom. The van der Waals surface area contributed by atoms with Crippen molar-refractivity contribution in [1.82, 2.24) is 14.3 Å². The van der Waals surface area contributed by atoms with Gasteiger partial charge in [0.05, 0.1) is 0 Å². The van der Waals surface area contributed by atoms with E-state index in [0.717, 1.165) is 15.7 Å². The number of ketones is 1. The molecule has 29 heavy (non-hydrogen) atoms. The average molecular weight is 464 g/mol. The topological polar surface area (TPSA) is 39.8 Å². The van der Waals surface area contributed by atoms with E-state index < -0.39 is 0 Å². The van der Waals surface area contributed by atoms with E-state index in [0.29, 0.717) is 16.2 Å². The predicted octanol–water partition coefficient (Wildman–Crippen LogP) is 6.02. The lowest BCUT2D eigenvalue weighted by Crippen LogP contribution is -2.12. The smallest absolute Gasteiger partial charge is 0.203 e. The second-order valence-electron chi connectivity index (χ2n) is 6.73. The molecule has 0 radical (unpaired) electrons. The number of carbonyl (C=O) groups excluding carboxylic acids is 1. The molecule has 0 N–H and O–H groups in total. The third kappa shape index (κ3) is 4.13. The van der Waals surface area contributed by atoms with E-state index >= 15 is 0 Å². The molecule has 0 aliphatic rings. The van der Waals surface area contributed by atoms with Crippen molar-refractivity contribution in [2.75, 3.05) is 0 Å². The highest BCUT2D eigenvalue weighted by Crippen LogP contribution is 2.23. The van der Waals surface area contributed by atoms with Gasteiger partial charge in [-0.05, 0) is 43.4 Å². The zero-order valence-corrected chi connectivity index (χ0v) is 18.2. The van der Waals surface area contributed by atoms with E-state index in [9.17, 15) is 4.79 Å². The molecule has 4 rings (SSSR count). The zero-order chi connectivity index (χ0) is 20.4. The number of rotatable bonds is 5. The molecule has 0 bridgehead atoms. The van der Waals surface area contributed by atoms with Crippen LogP contribution >= 0.6 is 28.1 Å². The van der Waals surface area contributed by atoms with Crippen LogP contribution in [0, 0.1) is 11.7 Å². The molecule has 0 aliphatic heterocycles. The molecule has 1 aromatic heterocycles. The molecular weight excluding hydrogens is 446 g/mol. The summed E-state index contributed by atoms with van der Waals surface area (Å²) in [6, 6.07) is 25.3. The first-order valence-electron chi connectivity index (χ1n) is 9.14. The van der Waals surface area contributed by atoms with Crippen LogP contribution in [0.1, 0.15) is 15.9 Å². The van der Waals surface area contributed by atoms with Gasteiger partial charge < -0.3 is 0 Å². The monoisotopic (exact) mass is 463 g/mol. The van der Waals surface area contributed by atoms with Gasteiger partial charge in [0.2, 0.25) is 4.77 Å². The Labute approximate surface area is 182 Å². The van der Waals surface area contributed by atoms with Crippen LogP contribution < -0.4 is 0 Å². The number of carbonyl (C=O) groups is 1. The third-order valence-electron chi connectivity index (χ3n) is 4.62. The summed E-state index contributed by atoms with van der Waals surface area (Å²) in [5.41, 5.74) is 3.65. The number of para-hydroxylation sites is 1. The SMILES string of the molecule is Cc1ccc(-c2nn(CC(=O)c3ccc(Br)cc3)c(=S)n2-c2ccccc2)cc1. The second-order valence-corrected chi connectivity index (χ2v) is 8.01. The first-order chi connectivity index (χ1) is 14.0. The summed E-state index contributed by atoms with van der Waals surface area (Å²) in [7, 11) is 0. The second kappa shape index (κ2) is 8.27. The summed E-state index contributed by atoms with van der Waals surface area (Å²) in [5.74, 6) is 0.673. The maximum Gasteiger partial charge on any atom is 0.203 e. The van der Waals surface area contributed by atoms with Gasteiger partial charge in [-0.25, -0.2) is 4.68 Å². The molecule has 0 amide bonds. The van der Waals surface area contributed by atoms with Crippen LogP contribution in [0.5, 0.6) is 0 Å². The van der Waals surface area contributed by atoms with E-state index in [4.69, 9.17) is 17.3 Å². The van der Waals surface area contributed by atoms with Crippen LogP contribution in [0.3, 0.4) is 0 Å². The summed E-state index contributed by atoms with van der Waals surface area (Å²) in [4.78, 5) is 12.8. The van der Waals surface area contributed by atoms with Gasteiger partial charge in [0.15, 0.2) is 11.6 Å². The van der Waals surface area contributed by atoms with Crippen molar-refractivity contribution >= 4 is 33.9 Å². The van der Waals surface area contributed by atoms with Crippen molar-refractivity contribution in [3.05, 3.63) is 99.2 Å². The zero-order valence-electron chi connectivity index (χ0n) is 15.7. The number of nitrogens with zero attached hydrogens (tertiary/aromatic N) is 3. The van der Waals surface area contributed by atoms with Crippen molar-refractivity contribution in [2.45, 2.75) is 13.5 Å². The van der Waals surface area contributed by atoms with Crippen LogP contribution in [0.25, 0.3) is 17.1 Å². The van der Waals surface area contributed by atoms with Crippen LogP contribution in [0.4, 0.5) is 0 Å². The Balaban J connectivity index is 1.79. The lowest BCUT2D eigenvalue weighted by molar-refractivity contribution is 0.0967. The Morgan fingerprint density at radius 3 is 2.28 bits per heavy atom. The number of benzene rings is 3. The first-order valence-corrected chi connectivity index (χ1v) is 10.3. The number of halogens is 1.